The first-order valence-corrected chi connectivity index (χ1v) is 10.8. The molecule has 11 heteroatoms. The van der Waals surface area contributed by atoms with Crippen molar-refractivity contribution in [2.45, 2.75) is 30.1 Å². The van der Waals surface area contributed by atoms with Crippen LogP contribution in [0.5, 0.6) is 0 Å². The van der Waals surface area contributed by atoms with Gasteiger partial charge < -0.3 is 14.7 Å². The van der Waals surface area contributed by atoms with E-state index in [1.54, 1.807) is 30.5 Å². The minimum atomic E-state index is -5.08. The highest BCUT2D eigenvalue weighted by Crippen LogP contribution is 2.46. The van der Waals surface area contributed by atoms with E-state index in [0.717, 1.165) is 30.8 Å². The van der Waals surface area contributed by atoms with Gasteiger partial charge in [0.15, 0.2) is 0 Å². The number of aromatic nitrogens is 1. The van der Waals surface area contributed by atoms with Gasteiger partial charge in [-0.1, -0.05) is 12.1 Å². The Hall–Kier alpha value is -3.10. The van der Waals surface area contributed by atoms with Crippen molar-refractivity contribution in [3.8, 4) is 6.07 Å². The van der Waals surface area contributed by atoms with Crippen molar-refractivity contribution in [3.63, 3.8) is 0 Å². The first-order valence-electron chi connectivity index (χ1n) is 9.86. The predicted octanol–water partition coefficient (Wildman–Crippen LogP) is 3.50. The smallest absolute Gasteiger partial charge is 0.475 e. The SMILES string of the molecule is N#Cc1cccc(C(=O)N2CC3(CC(OCc4cccnc4)CS3)C2)c1.O=C(O)C(F)(F)F. The molecule has 174 valence electrons. The molecule has 0 saturated carbocycles. The van der Waals surface area contributed by atoms with E-state index in [1.165, 1.54) is 0 Å². The molecule has 2 fully saturated rings. The van der Waals surface area contributed by atoms with Crippen molar-refractivity contribution in [1.29, 1.82) is 5.26 Å². The highest BCUT2D eigenvalue weighted by atomic mass is 32.2. The van der Waals surface area contributed by atoms with Gasteiger partial charge in [-0.3, -0.25) is 9.78 Å². The average molecular weight is 479 g/mol. The van der Waals surface area contributed by atoms with E-state index >= 15 is 0 Å². The number of carboxylic acid groups (broad SMARTS) is 1. The van der Waals surface area contributed by atoms with E-state index < -0.39 is 12.1 Å². The van der Waals surface area contributed by atoms with E-state index in [1.807, 2.05) is 35.0 Å². The number of hydrogen-bond donors (Lipinski definition) is 1. The monoisotopic (exact) mass is 479 g/mol. The molecule has 3 heterocycles. The molecular formula is C22H20F3N3O4S. The van der Waals surface area contributed by atoms with Crippen molar-refractivity contribution in [1.82, 2.24) is 9.88 Å². The Balaban J connectivity index is 0.000000383. The van der Waals surface area contributed by atoms with Crippen LogP contribution in [0.1, 0.15) is 27.9 Å². The molecule has 0 bridgehead atoms. The number of likely N-dealkylation sites (tertiary alicyclic amines) is 1. The molecule has 1 N–H and O–H groups in total. The fourth-order valence-electron chi connectivity index (χ4n) is 3.52. The van der Waals surface area contributed by atoms with Crippen LogP contribution in [0.2, 0.25) is 0 Å². The number of thioether (sulfide) groups is 1. The maximum Gasteiger partial charge on any atom is 0.490 e. The third kappa shape index (κ3) is 6.46. The van der Waals surface area contributed by atoms with Crippen LogP contribution < -0.4 is 0 Å². The van der Waals surface area contributed by atoms with Crippen LogP contribution >= 0.6 is 11.8 Å². The lowest BCUT2D eigenvalue weighted by Gasteiger charge is -2.47. The summed E-state index contributed by atoms with van der Waals surface area (Å²) >= 11 is 1.91. The summed E-state index contributed by atoms with van der Waals surface area (Å²) in [6.45, 7) is 2.08. The lowest BCUT2D eigenvalue weighted by Crippen LogP contribution is -2.60. The van der Waals surface area contributed by atoms with Gasteiger partial charge >= 0.3 is 12.1 Å². The number of carbonyl (C=O) groups is 2. The zero-order valence-corrected chi connectivity index (χ0v) is 18.1. The molecule has 1 unspecified atom stereocenters. The van der Waals surface area contributed by atoms with Gasteiger partial charge in [0.2, 0.25) is 0 Å². The van der Waals surface area contributed by atoms with Gasteiger partial charge in [0.05, 0.1) is 29.1 Å². The van der Waals surface area contributed by atoms with E-state index in [2.05, 4.69) is 11.1 Å². The maximum absolute atomic E-state index is 12.6. The van der Waals surface area contributed by atoms with Crippen LogP contribution in [0, 0.1) is 11.3 Å². The molecule has 1 aromatic heterocycles. The fraction of sp³-hybridized carbons (Fsp3) is 0.364. The van der Waals surface area contributed by atoms with Crippen LogP contribution in [0.4, 0.5) is 13.2 Å². The lowest BCUT2D eigenvalue weighted by atomic mass is 9.92. The Morgan fingerprint density at radius 1 is 1.30 bits per heavy atom. The van der Waals surface area contributed by atoms with Gasteiger partial charge in [0.1, 0.15) is 0 Å². The molecule has 7 nitrogen and oxygen atoms in total. The van der Waals surface area contributed by atoms with Gasteiger partial charge in [0.25, 0.3) is 5.91 Å². The van der Waals surface area contributed by atoms with E-state index in [4.69, 9.17) is 19.9 Å². The van der Waals surface area contributed by atoms with E-state index in [9.17, 15) is 18.0 Å². The molecule has 2 aliphatic heterocycles. The minimum Gasteiger partial charge on any atom is -0.475 e. The third-order valence-corrected chi connectivity index (χ3v) is 6.69. The quantitative estimate of drug-likeness (QED) is 0.716. The minimum absolute atomic E-state index is 0.00746. The molecular weight excluding hydrogens is 459 g/mol. The summed E-state index contributed by atoms with van der Waals surface area (Å²) in [6.07, 6.45) is -0.299. The largest absolute Gasteiger partial charge is 0.490 e. The second-order valence-electron chi connectivity index (χ2n) is 7.65. The summed E-state index contributed by atoms with van der Waals surface area (Å²) in [5.41, 5.74) is 2.19. The number of alkyl halides is 3. The number of ether oxygens (including phenoxy) is 1. The maximum atomic E-state index is 12.6. The number of nitriles is 1. The number of carbonyl (C=O) groups excluding carboxylic acids is 1. The second kappa shape index (κ2) is 10.2. The number of benzene rings is 1. The van der Waals surface area contributed by atoms with Gasteiger partial charge in [-0.2, -0.15) is 18.4 Å². The van der Waals surface area contributed by atoms with E-state index in [0.29, 0.717) is 17.7 Å². The van der Waals surface area contributed by atoms with Gasteiger partial charge in [-0.05, 0) is 36.2 Å². The van der Waals surface area contributed by atoms with Crippen LogP contribution in [0.3, 0.4) is 0 Å². The number of carboxylic acids is 1. The molecule has 0 radical (unpaired) electrons. The number of rotatable bonds is 4. The van der Waals surface area contributed by atoms with Crippen LogP contribution in [-0.4, -0.2) is 62.7 Å². The second-order valence-corrected chi connectivity index (χ2v) is 9.14. The van der Waals surface area contributed by atoms with Crippen LogP contribution in [0.15, 0.2) is 48.8 Å². The summed E-state index contributed by atoms with van der Waals surface area (Å²) in [5.74, 6) is -1.78. The van der Waals surface area contributed by atoms with Crippen molar-refractivity contribution in [2.75, 3.05) is 18.8 Å². The third-order valence-electron chi connectivity index (χ3n) is 5.11. The van der Waals surface area contributed by atoms with Gasteiger partial charge in [-0.25, -0.2) is 4.79 Å². The van der Waals surface area contributed by atoms with Crippen LogP contribution in [-0.2, 0) is 16.1 Å². The summed E-state index contributed by atoms with van der Waals surface area (Å²) in [5, 5.41) is 16.1. The Bertz CT molecular complexity index is 1040. The average Bonchev–Trinajstić information content (AvgIpc) is 3.21. The van der Waals surface area contributed by atoms with Crippen LogP contribution in [0.25, 0.3) is 0 Å². The molecule has 4 rings (SSSR count). The number of aliphatic carboxylic acids is 1. The molecule has 2 saturated heterocycles. The zero-order valence-electron chi connectivity index (χ0n) is 17.3. The van der Waals surface area contributed by atoms with Crippen molar-refractivity contribution in [2.24, 2.45) is 0 Å². The summed E-state index contributed by atoms with van der Waals surface area (Å²) in [7, 11) is 0. The fourth-order valence-corrected chi connectivity index (χ4v) is 5.08. The normalized spacial score (nSPS) is 18.6. The number of hydrogen-bond acceptors (Lipinski definition) is 6. The lowest BCUT2D eigenvalue weighted by molar-refractivity contribution is -0.192. The summed E-state index contributed by atoms with van der Waals surface area (Å²) in [4.78, 5) is 27.5. The first-order chi connectivity index (χ1) is 15.6. The first kappa shape index (κ1) is 24.5. The Labute approximate surface area is 192 Å². The highest BCUT2D eigenvalue weighted by Gasteiger charge is 2.51. The topological polar surface area (TPSA) is 104 Å². The summed E-state index contributed by atoms with van der Waals surface area (Å²) in [6, 6.07) is 12.9. The Kier molecular flexibility index (Phi) is 7.61. The molecule has 2 aromatic rings. The number of halogens is 3. The predicted molar refractivity (Wildman–Crippen MR) is 113 cm³/mol. The van der Waals surface area contributed by atoms with Crippen molar-refractivity contribution in [3.05, 3.63) is 65.5 Å². The standard InChI is InChI=1S/C20H19N3O2S.C2HF3O2/c21-9-15-3-1-5-17(7-15)19(24)23-13-20(14-23)8-18(12-26-20)25-11-16-4-2-6-22-10-16;3-2(4,5)1(6)7/h1-7,10,18H,8,11-14H2;(H,6,7). The molecule has 1 atom stereocenters. The molecule has 1 aromatic carbocycles. The molecule has 1 amide bonds. The van der Waals surface area contributed by atoms with Gasteiger partial charge in [0, 0.05) is 36.8 Å². The Morgan fingerprint density at radius 3 is 2.64 bits per heavy atom. The number of nitrogens with zero attached hydrogens (tertiary/aromatic N) is 3. The van der Waals surface area contributed by atoms with E-state index in [-0.39, 0.29) is 16.8 Å². The number of pyridine rings is 1. The van der Waals surface area contributed by atoms with Crippen molar-refractivity contribution >= 4 is 23.6 Å². The zero-order chi connectivity index (χ0) is 24.1. The Morgan fingerprint density at radius 2 is 2.03 bits per heavy atom. The molecule has 2 aliphatic rings. The molecule has 1 spiro atoms. The molecule has 33 heavy (non-hydrogen) atoms. The highest BCUT2D eigenvalue weighted by molar-refractivity contribution is 8.01. The summed E-state index contributed by atoms with van der Waals surface area (Å²) < 4.78 is 37.9. The van der Waals surface area contributed by atoms with Gasteiger partial charge in [-0.15, -0.1) is 11.8 Å². The van der Waals surface area contributed by atoms with Crippen molar-refractivity contribution < 1.29 is 32.6 Å². The molecule has 0 aliphatic carbocycles. The number of amides is 1.